The highest BCUT2D eigenvalue weighted by atomic mass is 16.6. The van der Waals surface area contributed by atoms with Crippen molar-refractivity contribution in [3.63, 3.8) is 0 Å². The summed E-state index contributed by atoms with van der Waals surface area (Å²) >= 11 is 0. The van der Waals surface area contributed by atoms with Gasteiger partial charge in [0.1, 0.15) is 13.2 Å². The van der Waals surface area contributed by atoms with E-state index in [1.165, 1.54) is 96.3 Å². The fourth-order valence-electron chi connectivity index (χ4n) is 8.13. The van der Waals surface area contributed by atoms with Gasteiger partial charge in [-0.2, -0.15) is 0 Å². The fourth-order valence-corrected chi connectivity index (χ4v) is 8.13. The summed E-state index contributed by atoms with van der Waals surface area (Å²) in [4.78, 5) is 38.2. The molecule has 0 aromatic rings. The molecule has 0 saturated carbocycles. The van der Waals surface area contributed by atoms with Crippen LogP contribution < -0.4 is 0 Å². The van der Waals surface area contributed by atoms with E-state index in [4.69, 9.17) is 14.2 Å². The van der Waals surface area contributed by atoms with Crippen molar-refractivity contribution in [2.45, 2.75) is 277 Å². The Morgan fingerprint density at radius 1 is 0.284 bits per heavy atom. The van der Waals surface area contributed by atoms with Crippen LogP contribution >= 0.6 is 0 Å². The van der Waals surface area contributed by atoms with Crippen molar-refractivity contribution >= 4 is 17.9 Å². The first-order chi connectivity index (χ1) is 36.5. The fraction of sp³-hybridized carbons (Fsp3) is 0.662. The minimum atomic E-state index is -0.805. The van der Waals surface area contributed by atoms with Gasteiger partial charge in [-0.3, -0.25) is 14.4 Å². The maximum atomic E-state index is 12.9. The van der Waals surface area contributed by atoms with E-state index in [1.807, 2.05) is 0 Å². The minimum absolute atomic E-state index is 0.0980. The lowest BCUT2D eigenvalue weighted by atomic mass is 10.0. The number of rotatable bonds is 54. The zero-order valence-electron chi connectivity index (χ0n) is 48.1. The molecule has 0 saturated heterocycles. The van der Waals surface area contributed by atoms with Crippen LogP contribution in [0.4, 0.5) is 0 Å². The van der Waals surface area contributed by atoms with Gasteiger partial charge in [-0.25, -0.2) is 0 Å². The molecule has 0 rings (SSSR count). The van der Waals surface area contributed by atoms with Crippen LogP contribution in [0.15, 0.2) is 122 Å². The molecule has 420 valence electrons. The van der Waals surface area contributed by atoms with Gasteiger partial charge in [0, 0.05) is 19.3 Å². The Kier molecular flexibility index (Phi) is 57.9. The predicted molar refractivity (Wildman–Crippen MR) is 320 cm³/mol. The molecule has 0 aromatic heterocycles. The molecule has 6 heteroatoms. The molecule has 0 heterocycles. The van der Waals surface area contributed by atoms with Gasteiger partial charge in [0.05, 0.1) is 0 Å². The average Bonchev–Trinajstić information content (AvgIpc) is 3.40. The van der Waals surface area contributed by atoms with Gasteiger partial charge in [-0.05, 0) is 116 Å². The van der Waals surface area contributed by atoms with E-state index in [2.05, 4.69) is 142 Å². The second kappa shape index (κ2) is 61.4. The van der Waals surface area contributed by atoms with Crippen molar-refractivity contribution in [2.24, 2.45) is 0 Å². The van der Waals surface area contributed by atoms with Crippen molar-refractivity contribution in [1.82, 2.24) is 0 Å². The van der Waals surface area contributed by atoms with E-state index in [0.717, 1.165) is 128 Å². The Morgan fingerprint density at radius 3 is 0.865 bits per heavy atom. The third-order valence-corrected chi connectivity index (χ3v) is 12.7. The molecule has 0 aliphatic carbocycles. The number of hydrogen-bond donors (Lipinski definition) is 0. The highest BCUT2D eigenvalue weighted by Gasteiger charge is 2.19. The Hall–Kier alpha value is -4.19. The zero-order valence-corrected chi connectivity index (χ0v) is 48.1. The molecule has 0 aliphatic rings. The van der Waals surface area contributed by atoms with E-state index < -0.39 is 6.10 Å². The van der Waals surface area contributed by atoms with Crippen LogP contribution in [0.5, 0.6) is 0 Å². The van der Waals surface area contributed by atoms with E-state index >= 15 is 0 Å². The summed E-state index contributed by atoms with van der Waals surface area (Å²) in [7, 11) is 0. The summed E-state index contributed by atoms with van der Waals surface area (Å²) < 4.78 is 16.8. The van der Waals surface area contributed by atoms with E-state index in [-0.39, 0.29) is 31.1 Å². The highest BCUT2D eigenvalue weighted by Crippen LogP contribution is 2.15. The molecular weight excluding hydrogens is 913 g/mol. The van der Waals surface area contributed by atoms with Crippen molar-refractivity contribution in [2.75, 3.05) is 13.2 Å². The third-order valence-electron chi connectivity index (χ3n) is 12.7. The van der Waals surface area contributed by atoms with Crippen LogP contribution in [0.3, 0.4) is 0 Å². The number of allylic oxidation sites excluding steroid dienone is 20. The van der Waals surface area contributed by atoms with Gasteiger partial charge < -0.3 is 14.2 Å². The van der Waals surface area contributed by atoms with Crippen LogP contribution in [0.25, 0.3) is 0 Å². The summed E-state index contributed by atoms with van der Waals surface area (Å²) in [6.07, 6.45) is 84.8. The molecule has 0 spiro atoms. The topological polar surface area (TPSA) is 78.9 Å². The summed E-state index contributed by atoms with van der Waals surface area (Å²) in [5.74, 6) is -0.956. The number of carbonyl (C=O) groups excluding carboxylic acids is 3. The molecule has 1 unspecified atom stereocenters. The molecule has 0 radical (unpaired) electrons. The summed E-state index contributed by atoms with van der Waals surface area (Å²) in [5, 5.41) is 0. The predicted octanol–water partition coefficient (Wildman–Crippen LogP) is 20.8. The number of ether oxygens (including phenoxy) is 3. The van der Waals surface area contributed by atoms with Gasteiger partial charge in [0.25, 0.3) is 0 Å². The first-order valence-electron chi connectivity index (χ1n) is 30.5. The lowest BCUT2D eigenvalue weighted by Gasteiger charge is -2.18. The first-order valence-corrected chi connectivity index (χ1v) is 30.5. The minimum Gasteiger partial charge on any atom is -0.462 e. The summed E-state index contributed by atoms with van der Waals surface area (Å²) in [5.41, 5.74) is 0. The Morgan fingerprint density at radius 2 is 0.527 bits per heavy atom. The molecule has 0 bridgehead atoms. The zero-order chi connectivity index (χ0) is 53.6. The van der Waals surface area contributed by atoms with Crippen LogP contribution in [0, 0.1) is 0 Å². The molecular formula is C68H112O6. The lowest BCUT2D eigenvalue weighted by molar-refractivity contribution is -0.167. The second-order valence-corrected chi connectivity index (χ2v) is 19.9. The van der Waals surface area contributed by atoms with Crippen molar-refractivity contribution in [3.05, 3.63) is 122 Å². The number of carbonyl (C=O) groups is 3. The number of unbranched alkanes of at least 4 members (excludes halogenated alkanes) is 23. The van der Waals surface area contributed by atoms with Gasteiger partial charge in [-0.1, -0.05) is 258 Å². The molecule has 1 atom stereocenters. The number of esters is 3. The molecule has 0 fully saturated rings. The molecule has 0 aliphatic heterocycles. The van der Waals surface area contributed by atoms with Crippen LogP contribution in [0.2, 0.25) is 0 Å². The SMILES string of the molecule is CC/C=C\C/C=C\C/C=C\C/C=C\C/C=C\C/C=C\C/C=C\C/C=C\CCCCC(=O)OCC(COC(=O)CCCCCCCCCCCCCCC)OC(=O)CCCCCCC/C=C\C/C=C\CCCCCC. The Bertz CT molecular complexity index is 1550. The second-order valence-electron chi connectivity index (χ2n) is 19.9. The maximum absolute atomic E-state index is 12.9. The molecule has 6 nitrogen and oxygen atoms in total. The molecule has 74 heavy (non-hydrogen) atoms. The van der Waals surface area contributed by atoms with Crippen LogP contribution in [-0.2, 0) is 28.6 Å². The van der Waals surface area contributed by atoms with E-state index in [9.17, 15) is 14.4 Å². The monoisotopic (exact) mass is 1020 g/mol. The Labute approximate surface area is 456 Å². The van der Waals surface area contributed by atoms with E-state index in [1.54, 1.807) is 0 Å². The van der Waals surface area contributed by atoms with Crippen molar-refractivity contribution in [3.8, 4) is 0 Å². The summed E-state index contributed by atoms with van der Waals surface area (Å²) in [6, 6.07) is 0. The first kappa shape index (κ1) is 69.8. The maximum Gasteiger partial charge on any atom is 0.306 e. The van der Waals surface area contributed by atoms with Crippen molar-refractivity contribution < 1.29 is 28.6 Å². The largest absolute Gasteiger partial charge is 0.462 e. The molecule has 0 aromatic carbocycles. The number of hydrogen-bond acceptors (Lipinski definition) is 6. The van der Waals surface area contributed by atoms with Gasteiger partial charge in [0.2, 0.25) is 0 Å². The van der Waals surface area contributed by atoms with Gasteiger partial charge in [0.15, 0.2) is 6.10 Å². The van der Waals surface area contributed by atoms with E-state index in [0.29, 0.717) is 25.7 Å². The average molecular weight is 1030 g/mol. The molecule has 0 N–H and O–H groups in total. The Balaban J connectivity index is 4.44. The lowest BCUT2D eigenvalue weighted by Crippen LogP contribution is -2.30. The van der Waals surface area contributed by atoms with Crippen LogP contribution in [-0.4, -0.2) is 37.2 Å². The molecule has 0 amide bonds. The van der Waals surface area contributed by atoms with Gasteiger partial charge >= 0.3 is 17.9 Å². The standard InChI is InChI=1S/C68H112O6/c1-4-7-10-13-16-19-22-25-27-29-30-31-32-33-34-35-36-37-38-39-41-43-46-49-52-55-58-61-67(70)73-64-65(63-72-66(69)60-57-54-51-48-45-42-24-21-18-15-12-9-6-3)74-68(71)62-59-56-53-50-47-44-40-28-26-23-20-17-14-11-8-5-2/h7,10,16,19-20,23,25,27-28,30-31,33-34,36-37,39-41,46,49,65H,4-6,8-9,11-15,17-18,21-22,24,26,29,32,35,38,42-45,47-48,50-64H2,1-3H3/b10-7-,19-16-,23-20-,27-25-,31-30-,34-33-,37-36-,40-28-,41-39-,49-46-. The summed E-state index contributed by atoms with van der Waals surface area (Å²) in [6.45, 7) is 6.46. The third kappa shape index (κ3) is 58.7. The quantitative estimate of drug-likeness (QED) is 0.0261. The van der Waals surface area contributed by atoms with Gasteiger partial charge in [-0.15, -0.1) is 0 Å². The van der Waals surface area contributed by atoms with Crippen LogP contribution in [0.1, 0.15) is 271 Å². The van der Waals surface area contributed by atoms with Crippen molar-refractivity contribution in [1.29, 1.82) is 0 Å². The highest BCUT2D eigenvalue weighted by molar-refractivity contribution is 5.71. The smallest absolute Gasteiger partial charge is 0.306 e. The normalized spacial score (nSPS) is 13.0.